The summed E-state index contributed by atoms with van der Waals surface area (Å²) in [5, 5.41) is 0. The minimum Gasteiger partial charge on any atom is -0.399 e. The number of nitrogen functional groups attached to an aromatic ring is 1. The average molecular weight is 242 g/mol. The molecule has 18 heavy (non-hydrogen) atoms. The number of fused-ring (bicyclic) bond motifs is 1. The summed E-state index contributed by atoms with van der Waals surface area (Å²) in [5.41, 5.74) is 10.9. The Bertz CT molecular complexity index is 607. The van der Waals surface area contributed by atoms with Gasteiger partial charge in [-0.1, -0.05) is 6.07 Å². The van der Waals surface area contributed by atoms with Crippen LogP contribution in [-0.4, -0.2) is 6.54 Å². The molecular weight excluding hydrogens is 227 g/mol. The number of hydrogen-bond acceptors (Lipinski definition) is 2. The van der Waals surface area contributed by atoms with Gasteiger partial charge in [0.2, 0.25) is 0 Å². The molecule has 0 saturated carbocycles. The normalized spacial score (nSPS) is 13.8. The first-order valence-electron chi connectivity index (χ1n) is 6.07. The van der Waals surface area contributed by atoms with Crippen molar-refractivity contribution in [2.45, 2.75) is 13.3 Å². The van der Waals surface area contributed by atoms with Gasteiger partial charge in [-0.2, -0.15) is 0 Å². The standard InChI is InChI=1S/C15H15FN2/c1-10-8-13(17)4-5-14(10)18-7-6-11-2-3-12(16)9-15(11)18/h2-5,8-9H,6-7,17H2,1H3. The van der Waals surface area contributed by atoms with Gasteiger partial charge in [-0.25, -0.2) is 4.39 Å². The minimum absolute atomic E-state index is 0.186. The van der Waals surface area contributed by atoms with E-state index in [-0.39, 0.29) is 5.82 Å². The van der Waals surface area contributed by atoms with Crippen LogP contribution >= 0.6 is 0 Å². The minimum atomic E-state index is -0.186. The van der Waals surface area contributed by atoms with Gasteiger partial charge in [-0.3, -0.25) is 0 Å². The van der Waals surface area contributed by atoms with Crippen molar-refractivity contribution < 1.29 is 4.39 Å². The third kappa shape index (κ3) is 1.72. The summed E-state index contributed by atoms with van der Waals surface area (Å²) in [5.74, 6) is -0.186. The lowest BCUT2D eigenvalue weighted by atomic mass is 10.1. The fourth-order valence-corrected chi connectivity index (χ4v) is 2.58. The summed E-state index contributed by atoms with van der Waals surface area (Å²) < 4.78 is 13.4. The summed E-state index contributed by atoms with van der Waals surface area (Å²) in [6.07, 6.45) is 0.958. The molecule has 0 spiro atoms. The first kappa shape index (κ1) is 11.1. The highest BCUT2D eigenvalue weighted by Gasteiger charge is 2.21. The molecule has 2 N–H and O–H groups in total. The summed E-state index contributed by atoms with van der Waals surface area (Å²) in [7, 11) is 0. The lowest BCUT2D eigenvalue weighted by Crippen LogP contribution is -2.14. The molecule has 0 unspecified atom stereocenters. The first-order chi connectivity index (χ1) is 8.65. The molecule has 0 amide bonds. The van der Waals surface area contributed by atoms with E-state index >= 15 is 0 Å². The van der Waals surface area contributed by atoms with Crippen molar-refractivity contribution >= 4 is 17.1 Å². The molecule has 1 heterocycles. The molecule has 2 nitrogen and oxygen atoms in total. The first-order valence-corrected chi connectivity index (χ1v) is 6.07. The zero-order chi connectivity index (χ0) is 12.7. The van der Waals surface area contributed by atoms with E-state index in [4.69, 9.17) is 5.73 Å². The van der Waals surface area contributed by atoms with Crippen LogP contribution in [0.1, 0.15) is 11.1 Å². The van der Waals surface area contributed by atoms with Crippen LogP contribution in [0.15, 0.2) is 36.4 Å². The van der Waals surface area contributed by atoms with Gasteiger partial charge in [0.1, 0.15) is 5.82 Å². The predicted molar refractivity (Wildman–Crippen MR) is 72.7 cm³/mol. The number of nitrogens with two attached hydrogens (primary N) is 1. The highest BCUT2D eigenvalue weighted by molar-refractivity contribution is 5.73. The lowest BCUT2D eigenvalue weighted by Gasteiger charge is -2.22. The van der Waals surface area contributed by atoms with Crippen LogP contribution in [0, 0.1) is 12.7 Å². The summed E-state index contributed by atoms with van der Waals surface area (Å²) >= 11 is 0. The average Bonchev–Trinajstić information content (AvgIpc) is 2.72. The van der Waals surface area contributed by atoms with Crippen LogP contribution in [0.5, 0.6) is 0 Å². The molecular formula is C15H15FN2. The second kappa shape index (κ2) is 4.02. The highest BCUT2D eigenvalue weighted by Crippen LogP contribution is 2.36. The molecule has 0 aliphatic carbocycles. The summed E-state index contributed by atoms with van der Waals surface area (Å²) in [6.45, 7) is 2.92. The Morgan fingerprint density at radius 3 is 2.72 bits per heavy atom. The lowest BCUT2D eigenvalue weighted by molar-refractivity contribution is 0.628. The number of rotatable bonds is 1. The molecule has 2 aromatic rings. The van der Waals surface area contributed by atoms with E-state index in [0.29, 0.717) is 0 Å². The maximum atomic E-state index is 13.4. The third-order valence-electron chi connectivity index (χ3n) is 3.45. The topological polar surface area (TPSA) is 29.3 Å². The zero-order valence-electron chi connectivity index (χ0n) is 10.3. The van der Waals surface area contributed by atoms with E-state index < -0.39 is 0 Å². The monoisotopic (exact) mass is 242 g/mol. The van der Waals surface area contributed by atoms with Gasteiger partial charge >= 0.3 is 0 Å². The Balaban J connectivity index is 2.08. The van der Waals surface area contributed by atoms with Crippen molar-refractivity contribution in [3.05, 3.63) is 53.3 Å². The molecule has 2 aromatic carbocycles. The number of benzene rings is 2. The molecule has 1 aliphatic rings. The number of aryl methyl sites for hydroxylation is 1. The smallest absolute Gasteiger partial charge is 0.125 e. The largest absolute Gasteiger partial charge is 0.399 e. The molecule has 92 valence electrons. The second-order valence-electron chi connectivity index (χ2n) is 4.72. The number of halogens is 1. The van der Waals surface area contributed by atoms with Gasteiger partial charge in [0, 0.05) is 23.6 Å². The van der Waals surface area contributed by atoms with Crippen molar-refractivity contribution in [3.63, 3.8) is 0 Å². The summed E-state index contributed by atoms with van der Waals surface area (Å²) in [4.78, 5) is 2.16. The van der Waals surface area contributed by atoms with Crippen molar-refractivity contribution in [2.75, 3.05) is 17.2 Å². The SMILES string of the molecule is Cc1cc(N)ccc1N1CCc2ccc(F)cc21. The molecule has 0 saturated heterocycles. The molecule has 0 bridgehead atoms. The van der Waals surface area contributed by atoms with Crippen molar-refractivity contribution in [3.8, 4) is 0 Å². The molecule has 1 aliphatic heterocycles. The second-order valence-corrected chi connectivity index (χ2v) is 4.72. The van der Waals surface area contributed by atoms with Gasteiger partial charge in [0.15, 0.2) is 0 Å². The van der Waals surface area contributed by atoms with Crippen molar-refractivity contribution in [2.24, 2.45) is 0 Å². The molecule has 0 radical (unpaired) electrons. The Labute approximate surface area is 106 Å². The van der Waals surface area contributed by atoms with E-state index in [2.05, 4.69) is 4.90 Å². The van der Waals surface area contributed by atoms with Gasteiger partial charge in [-0.05, 0) is 54.8 Å². The Hall–Kier alpha value is -2.03. The number of nitrogens with zero attached hydrogens (tertiary/aromatic N) is 1. The maximum Gasteiger partial charge on any atom is 0.125 e. The molecule has 3 rings (SSSR count). The van der Waals surface area contributed by atoms with Crippen LogP contribution in [-0.2, 0) is 6.42 Å². The Kier molecular flexibility index (Phi) is 2.47. The maximum absolute atomic E-state index is 13.4. The van der Waals surface area contributed by atoms with Crippen LogP contribution in [0.4, 0.5) is 21.5 Å². The third-order valence-corrected chi connectivity index (χ3v) is 3.45. The van der Waals surface area contributed by atoms with Gasteiger partial charge in [-0.15, -0.1) is 0 Å². The molecule has 3 heteroatoms. The number of anilines is 3. The van der Waals surface area contributed by atoms with E-state index in [0.717, 1.165) is 35.6 Å². The van der Waals surface area contributed by atoms with Crippen molar-refractivity contribution in [1.82, 2.24) is 0 Å². The number of hydrogen-bond donors (Lipinski definition) is 1. The van der Waals surface area contributed by atoms with E-state index in [1.807, 2.05) is 31.2 Å². The Morgan fingerprint density at radius 2 is 1.94 bits per heavy atom. The quantitative estimate of drug-likeness (QED) is 0.776. The van der Waals surface area contributed by atoms with E-state index in [1.165, 1.54) is 11.6 Å². The summed E-state index contributed by atoms with van der Waals surface area (Å²) in [6, 6.07) is 10.9. The molecule has 0 atom stereocenters. The van der Waals surface area contributed by atoms with Gasteiger partial charge < -0.3 is 10.6 Å². The Morgan fingerprint density at radius 1 is 1.11 bits per heavy atom. The fourth-order valence-electron chi connectivity index (χ4n) is 2.58. The van der Waals surface area contributed by atoms with E-state index in [9.17, 15) is 4.39 Å². The highest BCUT2D eigenvalue weighted by atomic mass is 19.1. The molecule has 0 fully saturated rings. The van der Waals surface area contributed by atoms with Gasteiger partial charge in [0.25, 0.3) is 0 Å². The van der Waals surface area contributed by atoms with Crippen LogP contribution in [0.3, 0.4) is 0 Å². The molecule has 0 aromatic heterocycles. The van der Waals surface area contributed by atoms with Crippen molar-refractivity contribution in [1.29, 1.82) is 0 Å². The fraction of sp³-hybridized carbons (Fsp3) is 0.200. The zero-order valence-corrected chi connectivity index (χ0v) is 10.3. The predicted octanol–water partition coefficient (Wildman–Crippen LogP) is 3.41. The van der Waals surface area contributed by atoms with Gasteiger partial charge in [0.05, 0.1) is 0 Å². The van der Waals surface area contributed by atoms with Crippen LogP contribution in [0.2, 0.25) is 0 Å². The van der Waals surface area contributed by atoms with Crippen LogP contribution < -0.4 is 10.6 Å². The van der Waals surface area contributed by atoms with Crippen LogP contribution in [0.25, 0.3) is 0 Å². The van der Waals surface area contributed by atoms with E-state index in [1.54, 1.807) is 6.07 Å².